The second kappa shape index (κ2) is 4.29. The van der Waals surface area contributed by atoms with Crippen LogP contribution in [0.25, 0.3) is 0 Å². The lowest BCUT2D eigenvalue weighted by molar-refractivity contribution is -0.112. The molecule has 0 bridgehead atoms. The molecule has 0 aliphatic carbocycles. The van der Waals surface area contributed by atoms with Crippen LogP contribution in [0.5, 0.6) is 0 Å². The molecule has 0 aromatic heterocycles. The summed E-state index contributed by atoms with van der Waals surface area (Å²) >= 11 is 0. The summed E-state index contributed by atoms with van der Waals surface area (Å²) in [5.41, 5.74) is 0. The van der Waals surface area contributed by atoms with Crippen molar-refractivity contribution in [1.29, 1.82) is 0 Å². The standard InChI is InChI=1S/C9H14O2/c1-8(10)5-6-9-4-2-3-7-11-9/h5-6,9H,2-4,7H2,1H3/b6-5+. The number of ketones is 1. The fourth-order valence-corrected chi connectivity index (χ4v) is 1.16. The highest BCUT2D eigenvalue weighted by atomic mass is 16.5. The van der Waals surface area contributed by atoms with Crippen LogP contribution >= 0.6 is 0 Å². The van der Waals surface area contributed by atoms with Gasteiger partial charge in [0.15, 0.2) is 5.78 Å². The second-order valence-electron chi connectivity index (χ2n) is 2.87. The molecule has 0 N–H and O–H groups in total. The molecule has 1 rings (SSSR count). The van der Waals surface area contributed by atoms with Crippen LogP contribution in [0.2, 0.25) is 0 Å². The molecule has 1 atom stereocenters. The van der Waals surface area contributed by atoms with Crippen molar-refractivity contribution in [2.75, 3.05) is 6.61 Å². The van der Waals surface area contributed by atoms with Gasteiger partial charge in [-0.1, -0.05) is 6.08 Å². The predicted molar refractivity (Wildman–Crippen MR) is 43.4 cm³/mol. The Morgan fingerprint density at radius 3 is 2.91 bits per heavy atom. The number of carbonyl (C=O) groups is 1. The van der Waals surface area contributed by atoms with E-state index in [2.05, 4.69) is 0 Å². The molecule has 62 valence electrons. The molecule has 1 unspecified atom stereocenters. The molecule has 1 heterocycles. The molecule has 1 saturated heterocycles. The zero-order valence-electron chi connectivity index (χ0n) is 6.88. The summed E-state index contributed by atoms with van der Waals surface area (Å²) in [7, 11) is 0. The minimum absolute atomic E-state index is 0.0965. The van der Waals surface area contributed by atoms with Gasteiger partial charge in [0.05, 0.1) is 6.10 Å². The summed E-state index contributed by atoms with van der Waals surface area (Å²) in [5.74, 6) is 0.0965. The van der Waals surface area contributed by atoms with Gasteiger partial charge in [-0.3, -0.25) is 4.79 Å². The molecule has 0 radical (unpaired) electrons. The first-order chi connectivity index (χ1) is 5.29. The van der Waals surface area contributed by atoms with Gasteiger partial charge in [0.25, 0.3) is 0 Å². The third-order valence-electron chi connectivity index (χ3n) is 1.76. The highest BCUT2D eigenvalue weighted by Crippen LogP contribution is 2.13. The Labute approximate surface area is 67.2 Å². The van der Waals surface area contributed by atoms with Gasteiger partial charge in [-0.05, 0) is 32.3 Å². The van der Waals surface area contributed by atoms with Crippen molar-refractivity contribution in [2.45, 2.75) is 32.3 Å². The van der Waals surface area contributed by atoms with E-state index >= 15 is 0 Å². The molecule has 0 amide bonds. The lowest BCUT2D eigenvalue weighted by atomic mass is 10.1. The Hall–Kier alpha value is -0.630. The van der Waals surface area contributed by atoms with Crippen LogP contribution in [-0.2, 0) is 9.53 Å². The Balaban J connectivity index is 2.29. The van der Waals surface area contributed by atoms with Crippen molar-refractivity contribution < 1.29 is 9.53 Å². The highest BCUT2D eigenvalue weighted by Gasteiger charge is 2.09. The van der Waals surface area contributed by atoms with Crippen LogP contribution in [-0.4, -0.2) is 18.5 Å². The molecule has 1 aliphatic heterocycles. The number of hydrogen-bond donors (Lipinski definition) is 0. The zero-order valence-corrected chi connectivity index (χ0v) is 6.88. The first-order valence-electron chi connectivity index (χ1n) is 4.09. The van der Waals surface area contributed by atoms with Gasteiger partial charge < -0.3 is 4.74 Å². The first-order valence-corrected chi connectivity index (χ1v) is 4.09. The third-order valence-corrected chi connectivity index (χ3v) is 1.76. The number of allylic oxidation sites excluding steroid dienone is 1. The SMILES string of the molecule is CC(=O)/C=C/C1CCCCO1. The van der Waals surface area contributed by atoms with Crippen LogP contribution in [0.15, 0.2) is 12.2 Å². The molecule has 1 aliphatic rings. The molecule has 0 aromatic rings. The van der Waals surface area contributed by atoms with Crippen LogP contribution in [0.1, 0.15) is 26.2 Å². The van der Waals surface area contributed by atoms with Crippen molar-refractivity contribution in [3.8, 4) is 0 Å². The van der Waals surface area contributed by atoms with Crippen molar-refractivity contribution in [1.82, 2.24) is 0 Å². The summed E-state index contributed by atoms with van der Waals surface area (Å²) in [6.07, 6.45) is 7.08. The van der Waals surface area contributed by atoms with Crippen molar-refractivity contribution in [2.24, 2.45) is 0 Å². The van der Waals surface area contributed by atoms with Gasteiger partial charge in [0, 0.05) is 6.61 Å². The molecular weight excluding hydrogens is 140 g/mol. The molecule has 2 heteroatoms. The van der Waals surface area contributed by atoms with Gasteiger partial charge in [-0.25, -0.2) is 0 Å². The fourth-order valence-electron chi connectivity index (χ4n) is 1.16. The van der Waals surface area contributed by atoms with Gasteiger partial charge in [0.1, 0.15) is 0 Å². The third kappa shape index (κ3) is 3.33. The normalized spacial score (nSPS) is 25.7. The highest BCUT2D eigenvalue weighted by molar-refractivity contribution is 5.87. The summed E-state index contributed by atoms with van der Waals surface area (Å²) in [4.78, 5) is 10.5. The Bertz CT molecular complexity index is 155. The van der Waals surface area contributed by atoms with E-state index in [-0.39, 0.29) is 11.9 Å². The number of hydrogen-bond acceptors (Lipinski definition) is 2. The monoisotopic (exact) mass is 154 g/mol. The van der Waals surface area contributed by atoms with Crippen molar-refractivity contribution >= 4 is 5.78 Å². The molecule has 0 spiro atoms. The van der Waals surface area contributed by atoms with E-state index in [1.165, 1.54) is 6.42 Å². The average molecular weight is 154 g/mol. The summed E-state index contributed by atoms with van der Waals surface area (Å²) < 4.78 is 5.39. The van der Waals surface area contributed by atoms with E-state index in [1.807, 2.05) is 6.08 Å². The largest absolute Gasteiger partial charge is 0.374 e. The minimum Gasteiger partial charge on any atom is -0.374 e. The maximum atomic E-state index is 10.5. The Morgan fingerprint density at radius 1 is 1.55 bits per heavy atom. The first kappa shape index (κ1) is 8.47. The summed E-state index contributed by atoms with van der Waals surface area (Å²) in [5, 5.41) is 0. The topological polar surface area (TPSA) is 26.3 Å². The van der Waals surface area contributed by atoms with E-state index in [9.17, 15) is 4.79 Å². The second-order valence-corrected chi connectivity index (χ2v) is 2.87. The minimum atomic E-state index is 0.0965. The lowest BCUT2D eigenvalue weighted by Crippen LogP contribution is -2.16. The number of carbonyl (C=O) groups excluding carboxylic acids is 1. The van der Waals surface area contributed by atoms with Crippen LogP contribution in [0.3, 0.4) is 0 Å². The Morgan fingerprint density at radius 2 is 2.36 bits per heavy atom. The lowest BCUT2D eigenvalue weighted by Gasteiger charge is -2.18. The molecule has 0 aromatic carbocycles. The molecular formula is C9H14O2. The maximum Gasteiger partial charge on any atom is 0.152 e. The van der Waals surface area contributed by atoms with E-state index in [0.717, 1.165) is 19.4 Å². The quantitative estimate of drug-likeness (QED) is 0.566. The van der Waals surface area contributed by atoms with Gasteiger partial charge in [-0.15, -0.1) is 0 Å². The average Bonchev–Trinajstić information content (AvgIpc) is 2.03. The molecule has 2 nitrogen and oxygen atoms in total. The fraction of sp³-hybridized carbons (Fsp3) is 0.667. The predicted octanol–water partition coefficient (Wildman–Crippen LogP) is 1.70. The van der Waals surface area contributed by atoms with Gasteiger partial charge in [0.2, 0.25) is 0 Å². The maximum absolute atomic E-state index is 10.5. The smallest absolute Gasteiger partial charge is 0.152 e. The Kier molecular flexibility index (Phi) is 3.30. The van der Waals surface area contributed by atoms with Crippen molar-refractivity contribution in [3.05, 3.63) is 12.2 Å². The van der Waals surface area contributed by atoms with E-state index in [4.69, 9.17) is 4.74 Å². The molecule has 1 fully saturated rings. The van der Waals surface area contributed by atoms with Crippen LogP contribution < -0.4 is 0 Å². The summed E-state index contributed by atoms with van der Waals surface area (Å²) in [6.45, 7) is 2.40. The number of rotatable bonds is 2. The van der Waals surface area contributed by atoms with Gasteiger partial charge in [-0.2, -0.15) is 0 Å². The van der Waals surface area contributed by atoms with Crippen LogP contribution in [0.4, 0.5) is 0 Å². The molecule has 0 saturated carbocycles. The van der Waals surface area contributed by atoms with Crippen LogP contribution in [0, 0.1) is 0 Å². The summed E-state index contributed by atoms with van der Waals surface area (Å²) in [6, 6.07) is 0. The van der Waals surface area contributed by atoms with Gasteiger partial charge >= 0.3 is 0 Å². The van der Waals surface area contributed by atoms with E-state index in [1.54, 1.807) is 13.0 Å². The number of ether oxygens (including phenoxy) is 1. The van der Waals surface area contributed by atoms with E-state index in [0.29, 0.717) is 0 Å². The molecule has 11 heavy (non-hydrogen) atoms. The van der Waals surface area contributed by atoms with E-state index < -0.39 is 0 Å². The van der Waals surface area contributed by atoms with Crippen molar-refractivity contribution in [3.63, 3.8) is 0 Å². The zero-order chi connectivity index (χ0) is 8.10.